The third-order valence-electron chi connectivity index (χ3n) is 8.09. The second kappa shape index (κ2) is 10.8. The maximum absolute atomic E-state index is 13.1. The van der Waals surface area contributed by atoms with Crippen LogP contribution in [0.4, 0.5) is 0 Å². The van der Waals surface area contributed by atoms with E-state index in [-0.39, 0.29) is 28.6 Å². The molecule has 1 saturated carbocycles. The Bertz CT molecular complexity index is 892. The van der Waals surface area contributed by atoms with Crippen molar-refractivity contribution in [2.45, 2.75) is 92.4 Å². The molecule has 0 aromatic carbocycles. The Morgan fingerprint density at radius 3 is 2.36 bits per heavy atom. The van der Waals surface area contributed by atoms with Gasteiger partial charge in [0.2, 0.25) is 0 Å². The van der Waals surface area contributed by atoms with Crippen LogP contribution in [0.1, 0.15) is 92.4 Å². The summed E-state index contributed by atoms with van der Waals surface area (Å²) >= 11 is 0. The van der Waals surface area contributed by atoms with Crippen molar-refractivity contribution in [2.24, 2.45) is 22.7 Å². The van der Waals surface area contributed by atoms with Gasteiger partial charge in [0.25, 0.3) is 0 Å². The van der Waals surface area contributed by atoms with E-state index in [2.05, 4.69) is 51.2 Å². The molecule has 0 N–H and O–H groups in total. The minimum atomic E-state index is -0.326. The standard InChI is InChI=1S/C30H42O3/c1-6-29(2,3)27(31)22-13-10-11-14-23(21-22)28(32)33-26-18-12-17-25(19-20-26)30(4,5)24-15-8-7-9-16-24/h7-8,12,15,18-20,22-23H,6,9-11,13-14,16-17,21H2,1-5H3. The van der Waals surface area contributed by atoms with Crippen LogP contribution >= 0.6 is 0 Å². The predicted molar refractivity (Wildman–Crippen MR) is 135 cm³/mol. The van der Waals surface area contributed by atoms with E-state index in [1.165, 1.54) is 11.1 Å². The number of ketones is 1. The highest BCUT2D eigenvalue weighted by molar-refractivity contribution is 5.87. The maximum Gasteiger partial charge on any atom is 0.314 e. The molecule has 33 heavy (non-hydrogen) atoms. The van der Waals surface area contributed by atoms with Crippen LogP contribution in [-0.4, -0.2) is 11.8 Å². The second-order valence-electron chi connectivity index (χ2n) is 11.1. The number of Topliss-reactive ketones (excluding diaryl/α,β-unsaturated/α-hetero) is 1. The number of hydrogen-bond acceptors (Lipinski definition) is 3. The molecule has 1 fully saturated rings. The van der Waals surface area contributed by atoms with Gasteiger partial charge in [-0.2, -0.15) is 0 Å². The molecule has 3 rings (SSSR count). The first-order chi connectivity index (χ1) is 15.6. The highest BCUT2D eigenvalue weighted by Crippen LogP contribution is 2.41. The summed E-state index contributed by atoms with van der Waals surface area (Å²) in [4.78, 5) is 26.2. The fourth-order valence-electron chi connectivity index (χ4n) is 5.21. The molecular weight excluding hydrogens is 408 g/mol. The Kier molecular flexibility index (Phi) is 8.37. The van der Waals surface area contributed by atoms with E-state index in [1.807, 2.05) is 26.0 Å². The van der Waals surface area contributed by atoms with Crippen molar-refractivity contribution in [3.05, 3.63) is 59.4 Å². The van der Waals surface area contributed by atoms with Crippen LogP contribution < -0.4 is 0 Å². The Morgan fingerprint density at radius 2 is 1.70 bits per heavy atom. The van der Waals surface area contributed by atoms with Crippen molar-refractivity contribution in [3.63, 3.8) is 0 Å². The number of allylic oxidation sites excluding steroid dienone is 9. The van der Waals surface area contributed by atoms with Gasteiger partial charge in [-0.1, -0.05) is 89.0 Å². The summed E-state index contributed by atoms with van der Waals surface area (Å²) in [5.41, 5.74) is 2.43. The zero-order valence-corrected chi connectivity index (χ0v) is 21.3. The van der Waals surface area contributed by atoms with Gasteiger partial charge in [0.05, 0.1) is 5.92 Å². The minimum absolute atomic E-state index is 0.0218. The lowest BCUT2D eigenvalue weighted by Crippen LogP contribution is -2.32. The van der Waals surface area contributed by atoms with Crippen molar-refractivity contribution < 1.29 is 14.3 Å². The van der Waals surface area contributed by atoms with E-state index >= 15 is 0 Å². The van der Waals surface area contributed by atoms with E-state index in [0.717, 1.165) is 51.4 Å². The van der Waals surface area contributed by atoms with E-state index in [0.29, 0.717) is 18.0 Å². The third kappa shape index (κ3) is 6.25. The van der Waals surface area contributed by atoms with E-state index in [4.69, 9.17) is 4.74 Å². The summed E-state index contributed by atoms with van der Waals surface area (Å²) < 4.78 is 5.87. The van der Waals surface area contributed by atoms with Crippen LogP contribution in [0.5, 0.6) is 0 Å². The minimum Gasteiger partial charge on any atom is -0.426 e. The average Bonchev–Trinajstić information content (AvgIpc) is 3.20. The molecule has 2 atom stereocenters. The molecular formula is C30H42O3. The lowest BCUT2D eigenvalue weighted by molar-refractivity contribution is -0.145. The van der Waals surface area contributed by atoms with Crippen molar-refractivity contribution in [3.8, 4) is 0 Å². The van der Waals surface area contributed by atoms with Gasteiger partial charge in [0.15, 0.2) is 0 Å². The van der Waals surface area contributed by atoms with Crippen LogP contribution in [0.2, 0.25) is 0 Å². The molecule has 0 spiro atoms. The number of carbonyl (C=O) groups is 2. The normalized spacial score (nSPS) is 24.2. The molecule has 0 aromatic rings. The summed E-state index contributed by atoms with van der Waals surface area (Å²) in [5, 5.41) is 0. The number of esters is 1. The van der Waals surface area contributed by atoms with Crippen molar-refractivity contribution in [2.75, 3.05) is 0 Å². The van der Waals surface area contributed by atoms with Gasteiger partial charge in [-0.3, -0.25) is 9.59 Å². The quantitative estimate of drug-likeness (QED) is 0.293. The number of ether oxygens (including phenoxy) is 1. The van der Waals surface area contributed by atoms with Crippen LogP contribution in [-0.2, 0) is 14.3 Å². The van der Waals surface area contributed by atoms with Gasteiger partial charge < -0.3 is 4.74 Å². The molecule has 0 aromatic heterocycles. The fourth-order valence-corrected chi connectivity index (χ4v) is 5.21. The highest BCUT2D eigenvalue weighted by Gasteiger charge is 2.36. The average molecular weight is 451 g/mol. The summed E-state index contributed by atoms with van der Waals surface area (Å²) in [6.45, 7) is 10.7. The Morgan fingerprint density at radius 1 is 0.970 bits per heavy atom. The van der Waals surface area contributed by atoms with Crippen molar-refractivity contribution >= 4 is 11.8 Å². The summed E-state index contributed by atoms with van der Waals surface area (Å²) in [7, 11) is 0. The zero-order valence-electron chi connectivity index (χ0n) is 21.3. The Labute approximate surface area is 200 Å². The van der Waals surface area contributed by atoms with Crippen LogP contribution in [0, 0.1) is 22.7 Å². The molecule has 3 nitrogen and oxygen atoms in total. The van der Waals surface area contributed by atoms with E-state index in [1.54, 1.807) is 0 Å². The monoisotopic (exact) mass is 450 g/mol. The SMILES string of the molecule is CCC(C)(C)C(=O)C1CCCCC(C(=O)OC2=CC=C(C(C)(C)C3=CC=CCC3)CC=C2)C1. The topological polar surface area (TPSA) is 43.4 Å². The summed E-state index contributed by atoms with van der Waals surface area (Å²) in [6.07, 6.45) is 22.9. The van der Waals surface area contributed by atoms with Gasteiger partial charge in [-0.05, 0) is 57.1 Å². The van der Waals surface area contributed by atoms with Gasteiger partial charge in [0.1, 0.15) is 11.5 Å². The van der Waals surface area contributed by atoms with E-state index < -0.39 is 0 Å². The lowest BCUT2D eigenvalue weighted by atomic mass is 9.73. The molecule has 3 heteroatoms. The molecule has 180 valence electrons. The van der Waals surface area contributed by atoms with Gasteiger partial charge >= 0.3 is 5.97 Å². The summed E-state index contributed by atoms with van der Waals surface area (Å²) in [6, 6.07) is 0. The smallest absolute Gasteiger partial charge is 0.314 e. The highest BCUT2D eigenvalue weighted by atomic mass is 16.5. The molecule has 0 heterocycles. The summed E-state index contributed by atoms with van der Waals surface area (Å²) in [5.74, 6) is 0.481. The first-order valence-corrected chi connectivity index (χ1v) is 12.8. The molecule has 0 bridgehead atoms. The molecule has 0 amide bonds. The Hall–Kier alpha value is -2.16. The molecule has 3 aliphatic carbocycles. The van der Waals surface area contributed by atoms with Gasteiger partial charge in [-0.15, -0.1) is 0 Å². The van der Waals surface area contributed by atoms with Gasteiger partial charge in [0, 0.05) is 16.7 Å². The predicted octanol–water partition coefficient (Wildman–Crippen LogP) is 7.80. The third-order valence-corrected chi connectivity index (χ3v) is 8.09. The Balaban J connectivity index is 1.69. The van der Waals surface area contributed by atoms with Crippen LogP contribution in [0.25, 0.3) is 0 Å². The second-order valence-corrected chi connectivity index (χ2v) is 11.1. The number of hydrogen-bond donors (Lipinski definition) is 0. The lowest BCUT2D eigenvalue weighted by Gasteiger charge is -2.31. The number of carbonyl (C=O) groups excluding carboxylic acids is 2. The van der Waals surface area contributed by atoms with E-state index in [9.17, 15) is 9.59 Å². The largest absolute Gasteiger partial charge is 0.426 e. The zero-order chi connectivity index (χ0) is 24.1. The van der Waals surface area contributed by atoms with Gasteiger partial charge in [-0.25, -0.2) is 0 Å². The van der Waals surface area contributed by atoms with Crippen LogP contribution in [0.3, 0.4) is 0 Å². The first-order valence-electron chi connectivity index (χ1n) is 12.8. The first kappa shape index (κ1) is 25.5. The fraction of sp³-hybridized carbons (Fsp3) is 0.600. The molecule has 0 radical (unpaired) electrons. The maximum atomic E-state index is 13.1. The van der Waals surface area contributed by atoms with Crippen molar-refractivity contribution in [1.82, 2.24) is 0 Å². The van der Waals surface area contributed by atoms with Crippen LogP contribution in [0.15, 0.2) is 59.4 Å². The molecule has 0 aliphatic heterocycles. The number of rotatable bonds is 7. The molecule has 0 saturated heterocycles. The molecule has 2 unspecified atom stereocenters. The van der Waals surface area contributed by atoms with Crippen molar-refractivity contribution in [1.29, 1.82) is 0 Å². The molecule has 3 aliphatic rings.